The van der Waals surface area contributed by atoms with Gasteiger partial charge in [-0.15, -0.1) is 0 Å². The molecule has 34 heavy (non-hydrogen) atoms. The molecule has 3 rings (SSSR count). The van der Waals surface area contributed by atoms with Gasteiger partial charge in [0.2, 0.25) is 5.91 Å². The third kappa shape index (κ3) is 6.38. The Labute approximate surface area is 198 Å². The molecule has 0 bridgehead atoms. The average Bonchev–Trinajstić information content (AvgIpc) is 2.81. The van der Waals surface area contributed by atoms with Crippen LogP contribution in [-0.4, -0.2) is 22.3 Å². The van der Waals surface area contributed by atoms with Crippen LogP contribution in [-0.2, 0) is 9.59 Å². The first-order chi connectivity index (χ1) is 16.2. The van der Waals surface area contributed by atoms with E-state index in [9.17, 15) is 19.7 Å². The molecule has 0 saturated heterocycles. The summed E-state index contributed by atoms with van der Waals surface area (Å²) in [4.78, 5) is 39.3. The number of amides is 2. The quantitative estimate of drug-likeness (QED) is 0.296. The van der Waals surface area contributed by atoms with Crippen LogP contribution in [0.2, 0.25) is 0 Å². The van der Waals surface area contributed by atoms with E-state index in [1.807, 2.05) is 57.2 Å². The molecule has 7 heteroatoms. The molecule has 0 aliphatic carbocycles. The largest absolute Gasteiger partial charge is 0.349 e. The van der Waals surface area contributed by atoms with E-state index in [1.54, 1.807) is 36.4 Å². The predicted molar refractivity (Wildman–Crippen MR) is 133 cm³/mol. The van der Waals surface area contributed by atoms with Gasteiger partial charge in [-0.1, -0.05) is 60.7 Å². The zero-order valence-electron chi connectivity index (χ0n) is 19.3. The topological polar surface area (TPSA) is 92.5 Å². The molecule has 0 aromatic heterocycles. The monoisotopic (exact) mass is 457 g/mol. The van der Waals surface area contributed by atoms with Gasteiger partial charge >= 0.3 is 0 Å². The summed E-state index contributed by atoms with van der Waals surface area (Å²) in [5, 5.41) is 14.3. The van der Waals surface area contributed by atoms with Crippen molar-refractivity contribution in [1.82, 2.24) is 5.32 Å². The van der Waals surface area contributed by atoms with Crippen LogP contribution in [0.1, 0.15) is 37.9 Å². The normalized spacial score (nSPS) is 12.2. The van der Waals surface area contributed by atoms with Crippen LogP contribution in [0.15, 0.2) is 91.0 Å². The zero-order chi connectivity index (χ0) is 24.7. The number of non-ortho nitro benzene ring substituents is 1. The van der Waals surface area contributed by atoms with Gasteiger partial charge in [0.15, 0.2) is 0 Å². The van der Waals surface area contributed by atoms with Gasteiger partial charge in [-0.3, -0.25) is 24.6 Å². The maximum atomic E-state index is 13.5. The molecule has 3 aromatic rings. The first-order valence-corrected chi connectivity index (χ1v) is 10.8. The van der Waals surface area contributed by atoms with E-state index in [2.05, 4.69) is 5.32 Å². The Hall–Kier alpha value is -4.26. The van der Waals surface area contributed by atoms with E-state index in [1.165, 1.54) is 29.2 Å². The molecule has 2 amide bonds. The second-order valence-corrected chi connectivity index (χ2v) is 8.78. The minimum absolute atomic E-state index is 0.161. The Bertz CT molecular complexity index is 1190. The molecule has 1 unspecified atom stereocenters. The van der Waals surface area contributed by atoms with Gasteiger partial charge in [0.1, 0.15) is 6.04 Å². The number of hydrogen-bond acceptors (Lipinski definition) is 4. The van der Waals surface area contributed by atoms with Crippen molar-refractivity contribution in [2.24, 2.45) is 0 Å². The van der Waals surface area contributed by atoms with Crippen molar-refractivity contribution >= 4 is 29.3 Å². The number of benzene rings is 3. The van der Waals surface area contributed by atoms with Crippen LogP contribution in [0.25, 0.3) is 6.08 Å². The minimum Gasteiger partial charge on any atom is -0.349 e. The first kappa shape index (κ1) is 24.4. The summed E-state index contributed by atoms with van der Waals surface area (Å²) in [7, 11) is 0. The van der Waals surface area contributed by atoms with Crippen LogP contribution in [0, 0.1) is 10.1 Å². The second-order valence-electron chi connectivity index (χ2n) is 8.78. The van der Waals surface area contributed by atoms with E-state index < -0.39 is 28.3 Å². The molecule has 0 aliphatic heterocycles. The summed E-state index contributed by atoms with van der Waals surface area (Å²) < 4.78 is 0. The van der Waals surface area contributed by atoms with Crippen molar-refractivity contribution < 1.29 is 14.5 Å². The van der Waals surface area contributed by atoms with E-state index >= 15 is 0 Å². The van der Waals surface area contributed by atoms with Crippen LogP contribution >= 0.6 is 0 Å². The zero-order valence-corrected chi connectivity index (χ0v) is 19.3. The van der Waals surface area contributed by atoms with Crippen molar-refractivity contribution in [3.05, 3.63) is 112 Å². The van der Waals surface area contributed by atoms with E-state index in [4.69, 9.17) is 0 Å². The number of para-hydroxylation sites is 1. The van der Waals surface area contributed by atoms with Crippen molar-refractivity contribution in [2.45, 2.75) is 32.4 Å². The standard InChI is InChI=1S/C27H27N3O4/c1-27(2,3)28-26(32)25(21-13-10-16-23(19-21)30(33)34)29(22-14-8-5-9-15-22)24(31)18-17-20-11-6-4-7-12-20/h4-19,25H,1-3H3,(H,28,32)/b18-17+. The van der Waals surface area contributed by atoms with Gasteiger partial charge in [-0.25, -0.2) is 0 Å². The van der Waals surface area contributed by atoms with Crippen molar-refractivity contribution in [3.8, 4) is 0 Å². The summed E-state index contributed by atoms with van der Waals surface area (Å²) in [6.07, 6.45) is 3.07. The van der Waals surface area contributed by atoms with Gasteiger partial charge in [-0.2, -0.15) is 0 Å². The van der Waals surface area contributed by atoms with Crippen molar-refractivity contribution in [3.63, 3.8) is 0 Å². The number of carbonyl (C=O) groups excluding carboxylic acids is 2. The number of nitro benzene ring substituents is 1. The smallest absolute Gasteiger partial charge is 0.269 e. The molecule has 1 N–H and O–H groups in total. The molecule has 3 aromatic carbocycles. The highest BCUT2D eigenvalue weighted by atomic mass is 16.6. The molecule has 0 aliphatic rings. The predicted octanol–water partition coefficient (Wildman–Crippen LogP) is 5.30. The third-order valence-corrected chi connectivity index (χ3v) is 4.89. The molecule has 1 atom stereocenters. The van der Waals surface area contributed by atoms with E-state index in [0.29, 0.717) is 11.3 Å². The molecule has 0 radical (unpaired) electrons. The maximum absolute atomic E-state index is 13.5. The van der Waals surface area contributed by atoms with Crippen LogP contribution < -0.4 is 10.2 Å². The number of rotatable bonds is 7. The number of carbonyl (C=O) groups is 2. The first-order valence-electron chi connectivity index (χ1n) is 10.8. The SMILES string of the molecule is CC(C)(C)NC(=O)C(c1cccc([N+](=O)[O-])c1)N(C(=O)/C=C/c1ccccc1)c1ccccc1. The third-order valence-electron chi connectivity index (χ3n) is 4.89. The van der Waals surface area contributed by atoms with Gasteiger partial charge in [0.05, 0.1) is 4.92 Å². The molecule has 174 valence electrons. The number of nitrogens with one attached hydrogen (secondary N) is 1. The number of hydrogen-bond donors (Lipinski definition) is 1. The minimum atomic E-state index is -1.13. The Kier molecular flexibility index (Phi) is 7.58. The second kappa shape index (κ2) is 10.6. The van der Waals surface area contributed by atoms with Crippen LogP contribution in [0.5, 0.6) is 0 Å². The van der Waals surface area contributed by atoms with Gasteiger partial charge in [0.25, 0.3) is 11.6 Å². The lowest BCUT2D eigenvalue weighted by Gasteiger charge is -2.33. The van der Waals surface area contributed by atoms with Crippen molar-refractivity contribution in [2.75, 3.05) is 4.90 Å². The van der Waals surface area contributed by atoms with Crippen LogP contribution in [0.3, 0.4) is 0 Å². The fourth-order valence-corrected chi connectivity index (χ4v) is 3.47. The summed E-state index contributed by atoms with van der Waals surface area (Å²) in [5.74, 6) is -0.881. The molecular formula is C27H27N3O4. The van der Waals surface area contributed by atoms with Crippen molar-refractivity contribution in [1.29, 1.82) is 0 Å². The fraction of sp³-hybridized carbons (Fsp3) is 0.185. The van der Waals surface area contributed by atoms with E-state index in [0.717, 1.165) is 5.56 Å². The Morgan fingerprint density at radius 3 is 2.15 bits per heavy atom. The highest BCUT2D eigenvalue weighted by Crippen LogP contribution is 2.31. The molecular weight excluding hydrogens is 430 g/mol. The van der Waals surface area contributed by atoms with Gasteiger partial charge in [0, 0.05) is 29.4 Å². The molecule has 0 fully saturated rings. The summed E-state index contributed by atoms with van der Waals surface area (Å²) in [6, 6.07) is 22.8. The Balaban J connectivity index is 2.14. The molecule has 0 saturated carbocycles. The fourth-order valence-electron chi connectivity index (χ4n) is 3.47. The lowest BCUT2D eigenvalue weighted by atomic mass is 10.00. The lowest BCUT2D eigenvalue weighted by Crippen LogP contribution is -2.49. The Morgan fingerprint density at radius 2 is 1.56 bits per heavy atom. The number of anilines is 1. The summed E-state index contributed by atoms with van der Waals surface area (Å²) in [6.45, 7) is 5.50. The summed E-state index contributed by atoms with van der Waals surface area (Å²) >= 11 is 0. The molecule has 7 nitrogen and oxygen atoms in total. The highest BCUT2D eigenvalue weighted by molar-refractivity contribution is 6.08. The van der Waals surface area contributed by atoms with E-state index in [-0.39, 0.29) is 5.69 Å². The number of nitro groups is 1. The van der Waals surface area contributed by atoms with Gasteiger partial charge in [-0.05, 0) is 50.1 Å². The Morgan fingerprint density at radius 1 is 0.941 bits per heavy atom. The van der Waals surface area contributed by atoms with Gasteiger partial charge < -0.3 is 5.32 Å². The lowest BCUT2D eigenvalue weighted by molar-refractivity contribution is -0.384. The molecule has 0 heterocycles. The maximum Gasteiger partial charge on any atom is 0.269 e. The van der Waals surface area contributed by atoms with Crippen LogP contribution in [0.4, 0.5) is 11.4 Å². The summed E-state index contributed by atoms with van der Waals surface area (Å²) in [5.41, 5.74) is 0.912. The highest BCUT2D eigenvalue weighted by Gasteiger charge is 2.34. The average molecular weight is 458 g/mol. The number of nitrogens with zero attached hydrogens (tertiary/aromatic N) is 2. The molecule has 0 spiro atoms.